The first-order valence-corrected chi connectivity index (χ1v) is 7.96. The van der Waals surface area contributed by atoms with Crippen LogP contribution in [0.5, 0.6) is 0 Å². The van der Waals surface area contributed by atoms with Gasteiger partial charge >= 0.3 is 0 Å². The fourth-order valence-electron chi connectivity index (χ4n) is 2.24. The van der Waals surface area contributed by atoms with Crippen molar-refractivity contribution in [3.63, 3.8) is 0 Å². The molecule has 0 aliphatic heterocycles. The second kappa shape index (κ2) is 7.46. The molecule has 2 rings (SSSR count). The third-order valence-corrected chi connectivity index (χ3v) is 3.97. The molecule has 0 heterocycles. The Balaban J connectivity index is 2.00. The van der Waals surface area contributed by atoms with Gasteiger partial charge in [0.1, 0.15) is 5.82 Å². The van der Waals surface area contributed by atoms with Gasteiger partial charge in [0.15, 0.2) is 0 Å². The van der Waals surface area contributed by atoms with Crippen LogP contribution in [-0.4, -0.2) is 13.1 Å². The highest BCUT2D eigenvalue weighted by Crippen LogP contribution is 2.20. The van der Waals surface area contributed by atoms with Crippen LogP contribution in [0, 0.1) is 5.82 Å². The van der Waals surface area contributed by atoms with Crippen molar-refractivity contribution in [2.45, 2.75) is 20.4 Å². The summed E-state index contributed by atoms with van der Waals surface area (Å²) >= 11 is 3.25. The predicted molar refractivity (Wildman–Crippen MR) is 91.4 cm³/mol. The van der Waals surface area contributed by atoms with Crippen LogP contribution in [0.1, 0.15) is 19.4 Å². The minimum Gasteiger partial charge on any atom is -0.379 e. The van der Waals surface area contributed by atoms with E-state index in [0.717, 1.165) is 23.1 Å². The molecule has 2 aromatic rings. The molecule has 0 aromatic heterocycles. The first-order valence-electron chi connectivity index (χ1n) is 7.16. The summed E-state index contributed by atoms with van der Waals surface area (Å²) in [5, 5.41) is 3.12. The summed E-state index contributed by atoms with van der Waals surface area (Å²) < 4.78 is 14.5. The van der Waals surface area contributed by atoms with Crippen molar-refractivity contribution >= 4 is 27.3 Å². The number of rotatable bonds is 6. The Bertz CT molecular complexity index is 580. The molecular formula is C17H20BrFN2. The van der Waals surface area contributed by atoms with E-state index in [1.54, 1.807) is 6.07 Å². The van der Waals surface area contributed by atoms with Gasteiger partial charge in [-0.1, -0.05) is 28.1 Å². The van der Waals surface area contributed by atoms with Crippen LogP contribution in [0.3, 0.4) is 0 Å². The highest BCUT2D eigenvalue weighted by Gasteiger charge is 2.04. The molecule has 112 valence electrons. The van der Waals surface area contributed by atoms with E-state index in [4.69, 9.17) is 0 Å². The average molecular weight is 351 g/mol. The van der Waals surface area contributed by atoms with Crippen LogP contribution >= 0.6 is 15.9 Å². The molecule has 0 amide bonds. The number of halogens is 2. The number of hydrogen-bond donors (Lipinski definition) is 1. The normalized spacial score (nSPS) is 10.5. The molecule has 0 aliphatic rings. The summed E-state index contributed by atoms with van der Waals surface area (Å²) in [7, 11) is 0. The number of anilines is 2. The van der Waals surface area contributed by atoms with E-state index >= 15 is 0 Å². The van der Waals surface area contributed by atoms with Crippen molar-refractivity contribution in [1.29, 1.82) is 0 Å². The summed E-state index contributed by atoms with van der Waals surface area (Å²) in [5.74, 6) is -0.246. The molecule has 0 saturated carbocycles. The zero-order valence-electron chi connectivity index (χ0n) is 12.4. The van der Waals surface area contributed by atoms with Gasteiger partial charge in [0.05, 0.1) is 5.69 Å². The molecule has 2 aromatic carbocycles. The van der Waals surface area contributed by atoms with Gasteiger partial charge in [0, 0.05) is 29.8 Å². The van der Waals surface area contributed by atoms with E-state index in [9.17, 15) is 4.39 Å². The molecule has 2 nitrogen and oxygen atoms in total. The summed E-state index contributed by atoms with van der Waals surface area (Å²) in [6.07, 6.45) is 0. The van der Waals surface area contributed by atoms with Gasteiger partial charge < -0.3 is 10.2 Å². The van der Waals surface area contributed by atoms with Gasteiger partial charge in [0.25, 0.3) is 0 Å². The van der Waals surface area contributed by atoms with E-state index in [0.29, 0.717) is 12.2 Å². The second-order valence-corrected chi connectivity index (χ2v) is 5.73. The van der Waals surface area contributed by atoms with Crippen molar-refractivity contribution < 1.29 is 4.39 Å². The maximum absolute atomic E-state index is 13.7. The van der Waals surface area contributed by atoms with Crippen molar-refractivity contribution in [3.05, 3.63) is 58.3 Å². The highest BCUT2D eigenvalue weighted by molar-refractivity contribution is 9.10. The quantitative estimate of drug-likeness (QED) is 0.784. The molecule has 0 radical (unpaired) electrons. The van der Waals surface area contributed by atoms with Gasteiger partial charge in [0.2, 0.25) is 0 Å². The molecule has 0 atom stereocenters. The lowest BCUT2D eigenvalue weighted by Gasteiger charge is -2.21. The smallest absolute Gasteiger partial charge is 0.147 e. The summed E-state index contributed by atoms with van der Waals surface area (Å²) in [5.41, 5.74) is 2.87. The highest BCUT2D eigenvalue weighted by atomic mass is 79.9. The second-order valence-electron chi connectivity index (χ2n) is 4.82. The zero-order valence-corrected chi connectivity index (χ0v) is 14.0. The molecule has 4 heteroatoms. The van der Waals surface area contributed by atoms with Crippen LogP contribution in [0.15, 0.2) is 46.9 Å². The van der Waals surface area contributed by atoms with Crippen LogP contribution in [-0.2, 0) is 6.54 Å². The lowest BCUT2D eigenvalue weighted by molar-refractivity contribution is 0.629. The maximum Gasteiger partial charge on any atom is 0.147 e. The van der Waals surface area contributed by atoms with Gasteiger partial charge in [-0.2, -0.15) is 0 Å². The third kappa shape index (κ3) is 4.21. The maximum atomic E-state index is 13.7. The molecule has 21 heavy (non-hydrogen) atoms. The van der Waals surface area contributed by atoms with Gasteiger partial charge in [-0.25, -0.2) is 4.39 Å². The first kappa shape index (κ1) is 15.8. The fourth-order valence-corrected chi connectivity index (χ4v) is 2.58. The molecule has 0 unspecified atom stereocenters. The Morgan fingerprint density at radius 2 is 1.71 bits per heavy atom. The minimum absolute atomic E-state index is 0.246. The molecule has 0 bridgehead atoms. The van der Waals surface area contributed by atoms with Crippen LogP contribution in [0.4, 0.5) is 15.8 Å². The van der Waals surface area contributed by atoms with Crippen molar-refractivity contribution in [1.82, 2.24) is 0 Å². The van der Waals surface area contributed by atoms with Gasteiger partial charge in [-0.15, -0.1) is 0 Å². The molecule has 0 fully saturated rings. The predicted octanol–water partition coefficient (Wildman–Crippen LogP) is 5.05. The zero-order chi connectivity index (χ0) is 15.2. The van der Waals surface area contributed by atoms with E-state index in [1.165, 1.54) is 11.8 Å². The molecule has 0 spiro atoms. The lowest BCUT2D eigenvalue weighted by atomic mass is 10.2. The SMILES string of the molecule is CCN(CC)c1ccc(CNc2ccc(Br)cc2F)cc1. The van der Waals surface area contributed by atoms with Crippen molar-refractivity contribution in [3.8, 4) is 0 Å². The molecule has 0 aliphatic carbocycles. The van der Waals surface area contributed by atoms with E-state index in [1.807, 2.05) is 6.07 Å². The Labute approximate surface area is 134 Å². The van der Waals surface area contributed by atoms with Crippen LogP contribution in [0.2, 0.25) is 0 Å². The largest absolute Gasteiger partial charge is 0.379 e. The van der Waals surface area contributed by atoms with E-state index in [2.05, 4.69) is 64.3 Å². The number of benzene rings is 2. The van der Waals surface area contributed by atoms with Crippen LogP contribution in [0.25, 0.3) is 0 Å². The fraction of sp³-hybridized carbons (Fsp3) is 0.294. The van der Waals surface area contributed by atoms with E-state index in [-0.39, 0.29) is 5.82 Å². The number of nitrogens with one attached hydrogen (secondary N) is 1. The molecular weight excluding hydrogens is 331 g/mol. The summed E-state index contributed by atoms with van der Waals surface area (Å²) in [6, 6.07) is 13.4. The monoisotopic (exact) mass is 350 g/mol. The molecule has 0 saturated heterocycles. The number of nitrogens with zero attached hydrogens (tertiary/aromatic N) is 1. The standard InChI is InChI=1S/C17H20BrFN2/c1-3-21(4-2)15-8-5-13(6-9-15)12-20-17-10-7-14(18)11-16(17)19/h5-11,20H,3-4,12H2,1-2H3. The Hall–Kier alpha value is -1.55. The van der Waals surface area contributed by atoms with Crippen LogP contribution < -0.4 is 10.2 Å². The summed E-state index contributed by atoms with van der Waals surface area (Å²) in [6.45, 7) is 6.90. The number of hydrogen-bond acceptors (Lipinski definition) is 2. The van der Waals surface area contributed by atoms with Crippen molar-refractivity contribution in [2.24, 2.45) is 0 Å². The van der Waals surface area contributed by atoms with E-state index < -0.39 is 0 Å². The molecule has 1 N–H and O–H groups in total. The topological polar surface area (TPSA) is 15.3 Å². The third-order valence-electron chi connectivity index (χ3n) is 3.48. The van der Waals surface area contributed by atoms with Gasteiger partial charge in [-0.05, 0) is 49.7 Å². The Kier molecular flexibility index (Phi) is 5.62. The van der Waals surface area contributed by atoms with Crippen molar-refractivity contribution in [2.75, 3.05) is 23.3 Å². The Morgan fingerprint density at radius 1 is 1.05 bits per heavy atom. The lowest BCUT2D eigenvalue weighted by Crippen LogP contribution is -2.21. The van der Waals surface area contributed by atoms with Gasteiger partial charge in [-0.3, -0.25) is 0 Å². The Morgan fingerprint density at radius 3 is 2.29 bits per heavy atom. The summed E-state index contributed by atoms with van der Waals surface area (Å²) in [4.78, 5) is 2.30. The minimum atomic E-state index is -0.246. The average Bonchev–Trinajstić information content (AvgIpc) is 2.49. The first-order chi connectivity index (χ1) is 10.1.